The van der Waals surface area contributed by atoms with Crippen LogP contribution in [0.5, 0.6) is 0 Å². The van der Waals surface area contributed by atoms with Crippen LogP contribution < -0.4 is 5.73 Å². The van der Waals surface area contributed by atoms with Crippen molar-refractivity contribution in [2.24, 2.45) is 12.8 Å². The van der Waals surface area contributed by atoms with Crippen LogP contribution in [0.1, 0.15) is 37.1 Å². The van der Waals surface area contributed by atoms with E-state index in [1.54, 1.807) is 29.9 Å². The molecule has 1 aromatic rings. The molecule has 1 aromatic heterocycles. The molecule has 20 heavy (non-hydrogen) atoms. The standard InChI is InChI=1S/C13H24N4O2S/c1-10-13(11(2)16(3)15-10)20(18,19)17(9-5-8-14)12-6-4-7-12/h12H,4-9,14H2,1-3H3. The van der Waals surface area contributed by atoms with E-state index in [9.17, 15) is 8.42 Å². The van der Waals surface area contributed by atoms with E-state index in [2.05, 4.69) is 5.10 Å². The van der Waals surface area contributed by atoms with Gasteiger partial charge in [0.1, 0.15) is 4.90 Å². The van der Waals surface area contributed by atoms with E-state index in [1.807, 2.05) is 0 Å². The Morgan fingerprint density at radius 2 is 2.05 bits per heavy atom. The third kappa shape index (κ3) is 2.62. The summed E-state index contributed by atoms with van der Waals surface area (Å²) in [7, 11) is -1.71. The highest BCUT2D eigenvalue weighted by Crippen LogP contribution is 2.32. The summed E-state index contributed by atoms with van der Waals surface area (Å²) in [6.07, 6.45) is 3.68. The van der Waals surface area contributed by atoms with Gasteiger partial charge in [0.05, 0.1) is 11.4 Å². The molecule has 1 saturated carbocycles. The van der Waals surface area contributed by atoms with Crippen LogP contribution in [0.15, 0.2) is 4.90 Å². The fraction of sp³-hybridized carbons (Fsp3) is 0.769. The molecule has 2 N–H and O–H groups in total. The van der Waals surface area contributed by atoms with Gasteiger partial charge in [-0.1, -0.05) is 6.42 Å². The maximum atomic E-state index is 13.0. The fourth-order valence-electron chi connectivity index (χ4n) is 2.67. The first-order chi connectivity index (χ1) is 9.39. The Labute approximate surface area is 121 Å². The second kappa shape index (κ2) is 5.83. The average Bonchev–Trinajstić information content (AvgIpc) is 2.56. The smallest absolute Gasteiger partial charge is 0.246 e. The maximum Gasteiger partial charge on any atom is 0.246 e. The summed E-state index contributed by atoms with van der Waals surface area (Å²) >= 11 is 0. The molecule has 6 nitrogen and oxygen atoms in total. The quantitative estimate of drug-likeness (QED) is 0.847. The van der Waals surface area contributed by atoms with E-state index in [0.717, 1.165) is 19.3 Å². The zero-order chi connectivity index (χ0) is 14.9. The van der Waals surface area contributed by atoms with Gasteiger partial charge in [0.15, 0.2) is 0 Å². The molecule has 0 aliphatic heterocycles. The molecule has 0 atom stereocenters. The van der Waals surface area contributed by atoms with Crippen LogP contribution in [0.4, 0.5) is 0 Å². The number of aromatic nitrogens is 2. The van der Waals surface area contributed by atoms with Crippen molar-refractivity contribution in [3.05, 3.63) is 11.4 Å². The predicted molar refractivity (Wildman–Crippen MR) is 77.9 cm³/mol. The summed E-state index contributed by atoms with van der Waals surface area (Å²) in [6.45, 7) is 4.55. The first-order valence-corrected chi connectivity index (χ1v) is 8.55. The minimum Gasteiger partial charge on any atom is -0.330 e. The van der Waals surface area contributed by atoms with Crippen LogP contribution in [0.3, 0.4) is 0 Å². The molecule has 0 aromatic carbocycles. The Balaban J connectivity index is 2.39. The molecule has 0 radical (unpaired) electrons. The Morgan fingerprint density at radius 3 is 2.45 bits per heavy atom. The van der Waals surface area contributed by atoms with E-state index in [1.165, 1.54) is 0 Å². The van der Waals surface area contributed by atoms with E-state index >= 15 is 0 Å². The number of nitrogens with two attached hydrogens (primary N) is 1. The molecule has 2 rings (SSSR count). The first-order valence-electron chi connectivity index (χ1n) is 7.11. The molecule has 0 saturated heterocycles. The van der Waals surface area contributed by atoms with Crippen molar-refractivity contribution in [2.45, 2.75) is 50.5 Å². The molecule has 1 aliphatic rings. The summed E-state index contributed by atoms with van der Waals surface area (Å²) in [4.78, 5) is 0.365. The van der Waals surface area contributed by atoms with Gasteiger partial charge in [-0.25, -0.2) is 8.42 Å². The van der Waals surface area contributed by atoms with Crippen LogP contribution in [-0.4, -0.2) is 41.6 Å². The van der Waals surface area contributed by atoms with Crippen LogP contribution in [0, 0.1) is 13.8 Å². The summed E-state index contributed by atoms with van der Waals surface area (Å²) < 4.78 is 29.2. The zero-order valence-corrected chi connectivity index (χ0v) is 13.3. The van der Waals surface area contributed by atoms with Gasteiger partial charge in [-0.2, -0.15) is 9.40 Å². The largest absolute Gasteiger partial charge is 0.330 e. The number of nitrogens with zero attached hydrogens (tertiary/aromatic N) is 3. The minimum atomic E-state index is -3.48. The lowest BCUT2D eigenvalue weighted by atomic mass is 9.93. The topological polar surface area (TPSA) is 81.2 Å². The molecular formula is C13H24N4O2S. The highest BCUT2D eigenvalue weighted by molar-refractivity contribution is 7.89. The number of rotatable bonds is 6. The number of aryl methyl sites for hydroxylation is 2. The molecule has 0 bridgehead atoms. The van der Waals surface area contributed by atoms with Crippen LogP contribution >= 0.6 is 0 Å². The van der Waals surface area contributed by atoms with E-state index < -0.39 is 10.0 Å². The molecular weight excluding hydrogens is 276 g/mol. The van der Waals surface area contributed by atoms with Gasteiger partial charge in [0.2, 0.25) is 10.0 Å². The van der Waals surface area contributed by atoms with Gasteiger partial charge in [-0.3, -0.25) is 4.68 Å². The Kier molecular flexibility index (Phi) is 4.51. The molecule has 114 valence electrons. The third-order valence-electron chi connectivity index (χ3n) is 4.07. The predicted octanol–water partition coefficient (Wildman–Crippen LogP) is 0.929. The van der Waals surface area contributed by atoms with E-state index in [4.69, 9.17) is 5.73 Å². The molecule has 0 unspecified atom stereocenters. The van der Waals surface area contributed by atoms with Crippen molar-refractivity contribution < 1.29 is 8.42 Å². The number of hydrogen-bond acceptors (Lipinski definition) is 4. The lowest BCUT2D eigenvalue weighted by Crippen LogP contribution is -2.45. The Morgan fingerprint density at radius 1 is 1.40 bits per heavy atom. The molecule has 0 amide bonds. The SMILES string of the molecule is Cc1nn(C)c(C)c1S(=O)(=O)N(CCCN)C1CCC1. The summed E-state index contributed by atoms with van der Waals surface area (Å²) in [6, 6.07) is 0.130. The van der Waals surface area contributed by atoms with E-state index in [0.29, 0.717) is 35.8 Å². The fourth-order valence-corrected chi connectivity index (χ4v) is 4.79. The first kappa shape index (κ1) is 15.5. The lowest BCUT2D eigenvalue weighted by molar-refractivity contribution is 0.218. The second-order valence-electron chi connectivity index (χ2n) is 5.47. The van der Waals surface area contributed by atoms with Crippen molar-refractivity contribution in [3.63, 3.8) is 0 Å². The van der Waals surface area contributed by atoms with Crippen molar-refractivity contribution in [2.75, 3.05) is 13.1 Å². The van der Waals surface area contributed by atoms with Gasteiger partial charge in [0, 0.05) is 19.6 Å². The van der Waals surface area contributed by atoms with Crippen LogP contribution in [-0.2, 0) is 17.1 Å². The van der Waals surface area contributed by atoms with Crippen molar-refractivity contribution in [3.8, 4) is 0 Å². The molecule has 7 heteroatoms. The minimum absolute atomic E-state index is 0.130. The number of sulfonamides is 1. The van der Waals surface area contributed by atoms with Gasteiger partial charge in [-0.05, 0) is 39.7 Å². The Bertz CT molecular complexity index is 575. The molecule has 1 heterocycles. The van der Waals surface area contributed by atoms with Crippen molar-refractivity contribution >= 4 is 10.0 Å². The lowest BCUT2D eigenvalue weighted by Gasteiger charge is -2.36. The zero-order valence-electron chi connectivity index (χ0n) is 12.5. The van der Waals surface area contributed by atoms with Gasteiger partial charge < -0.3 is 5.73 Å². The van der Waals surface area contributed by atoms with Crippen molar-refractivity contribution in [1.82, 2.24) is 14.1 Å². The monoisotopic (exact) mass is 300 g/mol. The summed E-state index contributed by atoms with van der Waals surface area (Å²) in [5.41, 5.74) is 6.81. The van der Waals surface area contributed by atoms with Gasteiger partial charge in [0.25, 0.3) is 0 Å². The summed E-state index contributed by atoms with van der Waals surface area (Å²) in [5.74, 6) is 0. The highest BCUT2D eigenvalue weighted by Gasteiger charge is 2.37. The third-order valence-corrected chi connectivity index (χ3v) is 6.28. The van der Waals surface area contributed by atoms with Crippen molar-refractivity contribution in [1.29, 1.82) is 0 Å². The second-order valence-corrected chi connectivity index (χ2v) is 7.29. The van der Waals surface area contributed by atoms with Gasteiger partial charge >= 0.3 is 0 Å². The Hall–Kier alpha value is -0.920. The van der Waals surface area contributed by atoms with Crippen LogP contribution in [0.2, 0.25) is 0 Å². The maximum absolute atomic E-state index is 13.0. The van der Waals surface area contributed by atoms with Crippen LogP contribution in [0.25, 0.3) is 0 Å². The normalized spacial score (nSPS) is 16.6. The average molecular weight is 300 g/mol. The van der Waals surface area contributed by atoms with E-state index in [-0.39, 0.29) is 6.04 Å². The summed E-state index contributed by atoms with van der Waals surface area (Å²) in [5, 5.41) is 4.23. The molecule has 1 aliphatic carbocycles. The molecule has 0 spiro atoms. The molecule has 1 fully saturated rings. The number of hydrogen-bond donors (Lipinski definition) is 1. The van der Waals surface area contributed by atoms with Gasteiger partial charge in [-0.15, -0.1) is 0 Å². The highest BCUT2D eigenvalue weighted by atomic mass is 32.2.